The summed E-state index contributed by atoms with van der Waals surface area (Å²) >= 11 is 15.3. The summed E-state index contributed by atoms with van der Waals surface area (Å²) in [4.78, 5) is 24.2. The molecule has 0 bridgehead atoms. The van der Waals surface area contributed by atoms with Gasteiger partial charge in [-0.1, -0.05) is 51.3 Å². The van der Waals surface area contributed by atoms with Crippen LogP contribution in [0.3, 0.4) is 0 Å². The Morgan fingerprint density at radius 1 is 1.05 bits per heavy atom. The molecule has 0 atom stereocenters. The van der Waals surface area contributed by atoms with E-state index in [4.69, 9.17) is 37.4 Å². The highest BCUT2D eigenvalue weighted by Crippen LogP contribution is 2.60. The van der Waals surface area contributed by atoms with Crippen LogP contribution in [-0.2, 0) is 26.6 Å². The van der Waals surface area contributed by atoms with Crippen LogP contribution in [-0.4, -0.2) is 29.4 Å². The third-order valence-corrected chi connectivity index (χ3v) is 9.07. The summed E-state index contributed by atoms with van der Waals surface area (Å²) < 4.78 is 69.2. The molecule has 0 saturated carbocycles. The second-order valence-corrected chi connectivity index (χ2v) is 13.7. The third-order valence-electron chi connectivity index (χ3n) is 5.57. The fourth-order valence-corrected chi connectivity index (χ4v) is 5.81. The number of halogens is 5. The molecule has 0 amide bonds. The molecule has 15 heteroatoms. The first-order valence-electron chi connectivity index (χ1n) is 10.8. The first-order chi connectivity index (χ1) is 18.1. The Kier molecular flexibility index (Phi) is 8.31. The second-order valence-electron chi connectivity index (χ2n) is 8.39. The first-order valence-corrected chi connectivity index (χ1v) is 15.8. The van der Waals surface area contributed by atoms with Crippen LogP contribution in [0.15, 0.2) is 80.6 Å². The molecule has 0 saturated heterocycles. The molecule has 4 rings (SSSR count). The SMILES string of the molecule is CS(=O)(=O)c1ccc(-c2cnc(N(Cc3ccc(C(F)(F)P(=O)(O)O)c(Br)c3)c3ccc(Cl)c(Cl)c3)o2)cc1. The van der Waals surface area contributed by atoms with Gasteiger partial charge >= 0.3 is 19.3 Å². The molecule has 0 aliphatic carbocycles. The number of rotatable bonds is 8. The van der Waals surface area contributed by atoms with Gasteiger partial charge in [-0.2, -0.15) is 8.78 Å². The Morgan fingerprint density at radius 2 is 1.72 bits per heavy atom. The number of alkyl halides is 2. The van der Waals surface area contributed by atoms with Gasteiger partial charge in [0.1, 0.15) is 0 Å². The average Bonchev–Trinajstić information content (AvgIpc) is 3.33. The van der Waals surface area contributed by atoms with Crippen LogP contribution in [0.2, 0.25) is 10.0 Å². The molecule has 1 heterocycles. The highest BCUT2D eigenvalue weighted by molar-refractivity contribution is 9.10. The molecular formula is C24H18BrCl2F2N2O6PS. The van der Waals surface area contributed by atoms with E-state index in [1.807, 2.05) is 0 Å². The first kappa shape index (κ1) is 29.7. The normalized spacial score (nSPS) is 12.5. The number of nitrogens with zero attached hydrogens (tertiary/aromatic N) is 2. The molecular weight excluding hydrogens is 664 g/mol. The average molecular weight is 682 g/mol. The fraction of sp³-hybridized carbons (Fsp3) is 0.125. The molecule has 8 nitrogen and oxygen atoms in total. The fourth-order valence-electron chi connectivity index (χ4n) is 3.55. The van der Waals surface area contributed by atoms with Crippen molar-refractivity contribution < 1.29 is 36.0 Å². The second kappa shape index (κ2) is 10.9. The smallest absolute Gasteiger partial charge is 0.399 e. The summed E-state index contributed by atoms with van der Waals surface area (Å²) in [5, 5.41) is 0.534. The van der Waals surface area contributed by atoms with Crippen LogP contribution >= 0.6 is 46.7 Å². The van der Waals surface area contributed by atoms with Gasteiger partial charge in [-0.3, -0.25) is 9.46 Å². The summed E-state index contributed by atoms with van der Waals surface area (Å²) in [6, 6.07) is 14.4. The number of benzene rings is 3. The van der Waals surface area contributed by atoms with Crippen molar-refractivity contribution in [2.45, 2.75) is 17.1 Å². The van der Waals surface area contributed by atoms with E-state index in [0.717, 1.165) is 12.3 Å². The number of hydrogen-bond acceptors (Lipinski definition) is 6. The monoisotopic (exact) mass is 680 g/mol. The quantitative estimate of drug-likeness (QED) is 0.185. The van der Waals surface area contributed by atoms with E-state index >= 15 is 0 Å². The minimum atomic E-state index is -5.76. The molecule has 0 radical (unpaired) electrons. The van der Waals surface area contributed by atoms with Crippen molar-refractivity contribution in [3.05, 3.63) is 92.5 Å². The molecule has 3 aromatic carbocycles. The molecule has 0 aliphatic rings. The Morgan fingerprint density at radius 3 is 2.28 bits per heavy atom. The number of sulfone groups is 1. The van der Waals surface area contributed by atoms with Crippen molar-refractivity contribution >= 4 is 68.3 Å². The highest BCUT2D eigenvalue weighted by Gasteiger charge is 2.51. The van der Waals surface area contributed by atoms with Gasteiger partial charge in [-0.15, -0.1) is 0 Å². The molecule has 2 N–H and O–H groups in total. The van der Waals surface area contributed by atoms with E-state index < -0.39 is 28.7 Å². The minimum Gasteiger partial charge on any atom is -0.423 e. The van der Waals surface area contributed by atoms with E-state index in [-0.39, 0.29) is 27.0 Å². The molecule has 0 unspecified atom stereocenters. The topological polar surface area (TPSA) is 121 Å². The van der Waals surface area contributed by atoms with Gasteiger partial charge in [0.2, 0.25) is 0 Å². The zero-order chi connectivity index (χ0) is 28.8. The Bertz CT molecular complexity index is 1700. The molecule has 206 valence electrons. The molecule has 0 aliphatic heterocycles. The zero-order valence-electron chi connectivity index (χ0n) is 19.7. The summed E-state index contributed by atoms with van der Waals surface area (Å²) in [5.41, 5.74) is -3.75. The van der Waals surface area contributed by atoms with Crippen LogP contribution < -0.4 is 4.90 Å². The van der Waals surface area contributed by atoms with Crippen molar-refractivity contribution in [3.8, 4) is 11.3 Å². The predicted molar refractivity (Wildman–Crippen MR) is 147 cm³/mol. The van der Waals surface area contributed by atoms with Crippen LogP contribution in [0.25, 0.3) is 11.3 Å². The van der Waals surface area contributed by atoms with Crippen LogP contribution in [0.4, 0.5) is 20.5 Å². The Labute approximate surface area is 240 Å². The van der Waals surface area contributed by atoms with E-state index in [1.54, 1.807) is 35.2 Å². The largest absolute Gasteiger partial charge is 0.423 e. The number of oxazole rings is 1. The van der Waals surface area contributed by atoms with Crippen molar-refractivity contribution in [1.82, 2.24) is 4.98 Å². The van der Waals surface area contributed by atoms with E-state index in [9.17, 15) is 21.8 Å². The summed E-state index contributed by atoms with van der Waals surface area (Å²) in [7, 11) is -9.15. The maximum absolute atomic E-state index is 14.3. The van der Waals surface area contributed by atoms with Crippen molar-refractivity contribution in [3.63, 3.8) is 0 Å². The molecule has 0 spiro atoms. The predicted octanol–water partition coefficient (Wildman–Crippen LogP) is 7.38. The van der Waals surface area contributed by atoms with Gasteiger partial charge in [0.05, 0.1) is 27.7 Å². The summed E-state index contributed by atoms with van der Waals surface area (Å²) in [5.74, 6) is 0.327. The van der Waals surface area contributed by atoms with Crippen LogP contribution in [0.1, 0.15) is 11.1 Å². The highest BCUT2D eigenvalue weighted by atomic mass is 79.9. The Hall–Kier alpha value is -2.31. The lowest BCUT2D eigenvalue weighted by Gasteiger charge is -2.23. The van der Waals surface area contributed by atoms with E-state index in [0.29, 0.717) is 27.6 Å². The van der Waals surface area contributed by atoms with Gasteiger partial charge in [-0.05, 0) is 54.1 Å². The minimum absolute atomic E-state index is 0.0191. The van der Waals surface area contributed by atoms with Gasteiger partial charge < -0.3 is 14.2 Å². The van der Waals surface area contributed by atoms with Gasteiger partial charge in [0, 0.05) is 27.5 Å². The lowest BCUT2D eigenvalue weighted by atomic mass is 10.1. The van der Waals surface area contributed by atoms with Crippen molar-refractivity contribution in [2.75, 3.05) is 11.2 Å². The van der Waals surface area contributed by atoms with Gasteiger partial charge in [0.25, 0.3) is 0 Å². The number of anilines is 2. The van der Waals surface area contributed by atoms with Gasteiger partial charge in [0.15, 0.2) is 15.6 Å². The molecule has 0 fully saturated rings. The molecule has 4 aromatic rings. The van der Waals surface area contributed by atoms with Crippen LogP contribution in [0, 0.1) is 0 Å². The maximum Gasteiger partial charge on any atom is 0.399 e. The summed E-state index contributed by atoms with van der Waals surface area (Å²) in [6.45, 7) is 0.0191. The molecule has 39 heavy (non-hydrogen) atoms. The summed E-state index contributed by atoms with van der Waals surface area (Å²) in [6.07, 6.45) is 2.54. The molecule has 1 aromatic heterocycles. The van der Waals surface area contributed by atoms with Crippen LogP contribution in [0.5, 0.6) is 0 Å². The third kappa shape index (κ3) is 6.38. The lowest BCUT2D eigenvalue weighted by Crippen LogP contribution is -2.18. The standard InChI is InChI=1S/C24H18BrCl2F2N2O6PS/c1-39(35,36)17-6-3-15(4-7-17)22-12-30-23(37-22)31(16-5-9-20(26)21(27)11-16)13-14-2-8-18(19(25)10-14)24(28,29)38(32,33)34/h2-12H,13H2,1H3,(H2,32,33,34). The van der Waals surface area contributed by atoms with Crippen molar-refractivity contribution in [2.24, 2.45) is 0 Å². The van der Waals surface area contributed by atoms with E-state index in [2.05, 4.69) is 20.9 Å². The Balaban J connectivity index is 1.72. The lowest BCUT2D eigenvalue weighted by molar-refractivity contribution is 0.0557. The number of aromatic nitrogens is 1. The van der Waals surface area contributed by atoms with Crippen molar-refractivity contribution in [1.29, 1.82) is 0 Å². The van der Waals surface area contributed by atoms with E-state index in [1.165, 1.54) is 30.5 Å². The zero-order valence-corrected chi connectivity index (χ0v) is 24.5. The van der Waals surface area contributed by atoms with Gasteiger partial charge in [-0.25, -0.2) is 13.4 Å². The number of hydrogen-bond donors (Lipinski definition) is 2. The maximum atomic E-state index is 14.3.